The van der Waals surface area contributed by atoms with E-state index in [0.29, 0.717) is 10.8 Å². The molecule has 0 bridgehead atoms. The lowest BCUT2D eigenvalue weighted by Gasteiger charge is -2.19. The quantitative estimate of drug-likeness (QED) is 0.869. The third-order valence-electron chi connectivity index (χ3n) is 3.75. The molecule has 0 aliphatic heterocycles. The number of benzene rings is 2. The van der Waals surface area contributed by atoms with Crippen LogP contribution in [0.3, 0.4) is 0 Å². The first-order valence-corrected chi connectivity index (χ1v) is 8.04. The van der Waals surface area contributed by atoms with E-state index in [4.69, 9.17) is 16.3 Å². The molecule has 0 aliphatic rings. The van der Waals surface area contributed by atoms with Gasteiger partial charge in [-0.25, -0.2) is 0 Å². The third kappa shape index (κ3) is 4.73. The lowest BCUT2D eigenvalue weighted by molar-refractivity contribution is -0.127. The second-order valence-electron chi connectivity index (χ2n) is 5.81. The van der Waals surface area contributed by atoms with E-state index in [9.17, 15) is 4.79 Å². The van der Waals surface area contributed by atoms with Crippen LogP contribution in [0, 0.1) is 13.8 Å². The van der Waals surface area contributed by atoms with Crippen molar-refractivity contribution < 1.29 is 9.53 Å². The smallest absolute Gasteiger partial charge is 0.261 e. The summed E-state index contributed by atoms with van der Waals surface area (Å²) in [5, 5.41) is 3.65. The number of halogens is 1. The minimum Gasteiger partial charge on any atom is -0.481 e. The number of nitrogens with one attached hydrogen (secondary N) is 1. The maximum atomic E-state index is 12.3. The molecule has 23 heavy (non-hydrogen) atoms. The highest BCUT2D eigenvalue weighted by atomic mass is 35.5. The molecule has 3 nitrogen and oxygen atoms in total. The lowest BCUT2D eigenvalue weighted by atomic mass is 10.1. The lowest BCUT2D eigenvalue weighted by Crippen LogP contribution is -2.37. The largest absolute Gasteiger partial charge is 0.481 e. The van der Waals surface area contributed by atoms with Crippen LogP contribution in [0.5, 0.6) is 5.75 Å². The first-order valence-electron chi connectivity index (χ1n) is 7.66. The fourth-order valence-corrected chi connectivity index (χ4v) is 2.33. The molecule has 0 radical (unpaired) electrons. The zero-order valence-corrected chi connectivity index (χ0v) is 14.6. The Kier molecular flexibility index (Phi) is 5.67. The number of rotatable bonds is 5. The highest BCUT2D eigenvalue weighted by Gasteiger charge is 2.18. The zero-order chi connectivity index (χ0) is 17.0. The normalized spacial score (nSPS) is 13.3. The van der Waals surface area contributed by atoms with Gasteiger partial charge in [-0.05, 0) is 57.0 Å². The average Bonchev–Trinajstić information content (AvgIpc) is 2.51. The van der Waals surface area contributed by atoms with Gasteiger partial charge < -0.3 is 10.1 Å². The van der Waals surface area contributed by atoms with Crippen molar-refractivity contribution >= 4 is 17.5 Å². The SMILES string of the molecule is Cc1ccc([C@@H](C)NC(=O)[C@H](C)Oc2ccc(Cl)c(C)c2)cc1. The van der Waals surface area contributed by atoms with E-state index >= 15 is 0 Å². The zero-order valence-electron chi connectivity index (χ0n) is 13.9. The second-order valence-corrected chi connectivity index (χ2v) is 6.22. The minimum absolute atomic E-state index is 0.0684. The summed E-state index contributed by atoms with van der Waals surface area (Å²) in [6.45, 7) is 7.64. The molecule has 1 N–H and O–H groups in total. The Hall–Kier alpha value is -2.00. The van der Waals surface area contributed by atoms with Crippen molar-refractivity contribution in [1.82, 2.24) is 5.32 Å². The summed E-state index contributed by atoms with van der Waals surface area (Å²) in [4.78, 5) is 12.3. The van der Waals surface area contributed by atoms with Crippen molar-refractivity contribution in [3.05, 3.63) is 64.2 Å². The van der Waals surface area contributed by atoms with E-state index in [1.807, 2.05) is 51.1 Å². The van der Waals surface area contributed by atoms with Gasteiger partial charge in [-0.1, -0.05) is 41.4 Å². The standard InChI is InChI=1S/C19H22ClNO2/c1-12-5-7-16(8-6-12)14(3)21-19(22)15(4)23-17-9-10-18(20)13(2)11-17/h5-11,14-15H,1-4H3,(H,21,22)/t14-,15+/m1/s1. The maximum absolute atomic E-state index is 12.3. The Morgan fingerprint density at radius 3 is 2.35 bits per heavy atom. The first kappa shape index (κ1) is 17.4. The molecule has 122 valence electrons. The van der Waals surface area contributed by atoms with Crippen LogP contribution < -0.4 is 10.1 Å². The molecule has 0 spiro atoms. The van der Waals surface area contributed by atoms with Gasteiger partial charge in [0.25, 0.3) is 5.91 Å². The summed E-state index contributed by atoms with van der Waals surface area (Å²) in [7, 11) is 0. The van der Waals surface area contributed by atoms with Crippen molar-refractivity contribution in [3.63, 3.8) is 0 Å². The fraction of sp³-hybridized carbons (Fsp3) is 0.316. The van der Waals surface area contributed by atoms with E-state index in [2.05, 4.69) is 5.32 Å². The molecule has 2 rings (SSSR count). The summed E-state index contributed by atoms with van der Waals surface area (Å²) in [6.07, 6.45) is -0.580. The predicted octanol–water partition coefficient (Wildman–Crippen LogP) is 4.60. The van der Waals surface area contributed by atoms with Gasteiger partial charge in [0.1, 0.15) is 5.75 Å². The molecule has 0 unspecified atom stereocenters. The van der Waals surface area contributed by atoms with Gasteiger partial charge in [0, 0.05) is 5.02 Å². The molecular formula is C19H22ClNO2. The van der Waals surface area contributed by atoms with Crippen LogP contribution >= 0.6 is 11.6 Å². The number of hydrogen-bond donors (Lipinski definition) is 1. The number of carbonyl (C=O) groups excluding carboxylic acids is 1. The summed E-state index contributed by atoms with van der Waals surface area (Å²) < 4.78 is 5.70. The molecule has 0 aliphatic carbocycles. The van der Waals surface area contributed by atoms with Crippen molar-refractivity contribution in [1.29, 1.82) is 0 Å². The van der Waals surface area contributed by atoms with E-state index in [0.717, 1.165) is 11.1 Å². The minimum atomic E-state index is -0.580. The van der Waals surface area contributed by atoms with Gasteiger partial charge in [0.05, 0.1) is 6.04 Å². The van der Waals surface area contributed by atoms with Crippen LogP contribution in [0.15, 0.2) is 42.5 Å². The van der Waals surface area contributed by atoms with E-state index < -0.39 is 6.10 Å². The summed E-state index contributed by atoms with van der Waals surface area (Å²) >= 11 is 5.99. The summed E-state index contributed by atoms with van der Waals surface area (Å²) in [6, 6.07) is 13.4. The predicted molar refractivity (Wildman–Crippen MR) is 94.0 cm³/mol. The molecular weight excluding hydrogens is 310 g/mol. The molecule has 0 heterocycles. The Morgan fingerprint density at radius 1 is 1.09 bits per heavy atom. The fourth-order valence-electron chi connectivity index (χ4n) is 2.22. The Morgan fingerprint density at radius 2 is 1.74 bits per heavy atom. The van der Waals surface area contributed by atoms with Crippen molar-refractivity contribution in [2.45, 2.75) is 39.8 Å². The topological polar surface area (TPSA) is 38.3 Å². The molecule has 0 fully saturated rings. The van der Waals surface area contributed by atoms with E-state index in [1.165, 1.54) is 5.56 Å². The van der Waals surface area contributed by atoms with Crippen molar-refractivity contribution in [2.75, 3.05) is 0 Å². The van der Waals surface area contributed by atoms with Crippen LogP contribution in [-0.2, 0) is 4.79 Å². The monoisotopic (exact) mass is 331 g/mol. The van der Waals surface area contributed by atoms with Crippen LogP contribution in [0.4, 0.5) is 0 Å². The maximum Gasteiger partial charge on any atom is 0.261 e. The summed E-state index contributed by atoms with van der Waals surface area (Å²) in [5.74, 6) is 0.489. The van der Waals surface area contributed by atoms with Crippen molar-refractivity contribution in [2.24, 2.45) is 0 Å². The molecule has 2 aromatic rings. The number of amides is 1. The van der Waals surface area contributed by atoms with Crippen LogP contribution in [-0.4, -0.2) is 12.0 Å². The Balaban J connectivity index is 1.96. The number of ether oxygens (including phenoxy) is 1. The van der Waals surface area contributed by atoms with Crippen molar-refractivity contribution in [3.8, 4) is 5.75 Å². The molecule has 2 atom stereocenters. The van der Waals surface area contributed by atoms with Crippen LogP contribution in [0.1, 0.15) is 36.6 Å². The second kappa shape index (κ2) is 7.51. The molecule has 4 heteroatoms. The molecule has 0 saturated heterocycles. The van der Waals surface area contributed by atoms with Gasteiger partial charge in [0.2, 0.25) is 0 Å². The number of carbonyl (C=O) groups is 1. The van der Waals surface area contributed by atoms with E-state index in [-0.39, 0.29) is 11.9 Å². The first-order chi connectivity index (χ1) is 10.9. The molecule has 0 aromatic heterocycles. The van der Waals surface area contributed by atoms with Crippen LogP contribution in [0.25, 0.3) is 0 Å². The Labute approximate surface area is 142 Å². The molecule has 0 saturated carbocycles. The number of aryl methyl sites for hydroxylation is 2. The highest BCUT2D eigenvalue weighted by Crippen LogP contribution is 2.22. The molecule has 1 amide bonds. The van der Waals surface area contributed by atoms with E-state index in [1.54, 1.807) is 19.1 Å². The average molecular weight is 332 g/mol. The number of hydrogen-bond acceptors (Lipinski definition) is 2. The van der Waals surface area contributed by atoms with Gasteiger partial charge in [-0.3, -0.25) is 4.79 Å². The van der Waals surface area contributed by atoms with Gasteiger partial charge in [-0.15, -0.1) is 0 Å². The molecule has 2 aromatic carbocycles. The Bertz CT molecular complexity index is 682. The summed E-state index contributed by atoms with van der Waals surface area (Å²) in [5.41, 5.74) is 3.19. The van der Waals surface area contributed by atoms with Gasteiger partial charge >= 0.3 is 0 Å². The van der Waals surface area contributed by atoms with Gasteiger partial charge in [0.15, 0.2) is 6.10 Å². The highest BCUT2D eigenvalue weighted by molar-refractivity contribution is 6.31. The third-order valence-corrected chi connectivity index (χ3v) is 4.17. The van der Waals surface area contributed by atoms with Crippen LogP contribution in [0.2, 0.25) is 5.02 Å². The van der Waals surface area contributed by atoms with Gasteiger partial charge in [-0.2, -0.15) is 0 Å².